The minimum Gasteiger partial charge on any atom is -0.353 e. The van der Waals surface area contributed by atoms with Gasteiger partial charge < -0.3 is 10.2 Å². The Labute approximate surface area is 129 Å². The molecule has 1 N–H and O–H groups in total. The van der Waals surface area contributed by atoms with Crippen molar-refractivity contribution in [1.29, 1.82) is 0 Å². The van der Waals surface area contributed by atoms with E-state index in [1.165, 1.54) is 45.4 Å². The molecular formula is C16H32N4O. The van der Waals surface area contributed by atoms with Crippen LogP contribution in [0.4, 0.5) is 0 Å². The van der Waals surface area contributed by atoms with Crippen molar-refractivity contribution in [2.24, 2.45) is 0 Å². The molecule has 2 rings (SSSR count). The number of nitrogens with zero attached hydrogens (tertiary/aromatic N) is 3. The number of carbonyl (C=O) groups excluding carboxylic acids is 1. The molecule has 0 spiro atoms. The fourth-order valence-electron chi connectivity index (χ4n) is 3.21. The first-order valence-electron chi connectivity index (χ1n) is 8.60. The molecule has 0 saturated carbocycles. The minimum atomic E-state index is 0.159. The molecular weight excluding hydrogens is 264 g/mol. The predicted octanol–water partition coefficient (Wildman–Crippen LogP) is 0.615. The van der Waals surface area contributed by atoms with E-state index in [4.69, 9.17) is 0 Å². The topological polar surface area (TPSA) is 38.8 Å². The number of hydrogen-bond donors (Lipinski definition) is 1. The zero-order chi connectivity index (χ0) is 15.1. The lowest BCUT2D eigenvalue weighted by atomic mass is 10.1. The van der Waals surface area contributed by atoms with Crippen LogP contribution in [-0.2, 0) is 4.79 Å². The zero-order valence-electron chi connectivity index (χ0n) is 13.8. The van der Waals surface area contributed by atoms with Crippen molar-refractivity contribution >= 4 is 5.91 Å². The molecule has 21 heavy (non-hydrogen) atoms. The molecule has 2 saturated heterocycles. The molecule has 0 aliphatic carbocycles. The first-order chi connectivity index (χ1) is 10.1. The molecule has 0 bridgehead atoms. The first kappa shape index (κ1) is 16.7. The molecule has 0 aromatic carbocycles. The third-order valence-electron chi connectivity index (χ3n) is 4.46. The maximum atomic E-state index is 11.8. The summed E-state index contributed by atoms with van der Waals surface area (Å²) in [6.07, 6.45) is 4.16. The van der Waals surface area contributed by atoms with E-state index in [2.05, 4.69) is 20.0 Å². The number of amides is 1. The van der Waals surface area contributed by atoms with E-state index >= 15 is 0 Å². The SMILES string of the molecule is CC(C)NC(=O)CN1CCN(CCN2CCCCC2)CC1. The summed E-state index contributed by atoms with van der Waals surface area (Å²) in [5, 5.41) is 2.97. The van der Waals surface area contributed by atoms with Gasteiger partial charge in [-0.15, -0.1) is 0 Å². The largest absolute Gasteiger partial charge is 0.353 e. The highest BCUT2D eigenvalue weighted by Gasteiger charge is 2.19. The summed E-state index contributed by atoms with van der Waals surface area (Å²) >= 11 is 0. The van der Waals surface area contributed by atoms with E-state index in [1.807, 2.05) is 13.8 Å². The van der Waals surface area contributed by atoms with Crippen molar-refractivity contribution in [3.8, 4) is 0 Å². The van der Waals surface area contributed by atoms with Gasteiger partial charge >= 0.3 is 0 Å². The number of rotatable bonds is 6. The van der Waals surface area contributed by atoms with Gasteiger partial charge in [0.15, 0.2) is 0 Å². The number of carbonyl (C=O) groups is 1. The fourth-order valence-corrected chi connectivity index (χ4v) is 3.21. The second-order valence-corrected chi connectivity index (χ2v) is 6.74. The van der Waals surface area contributed by atoms with Gasteiger partial charge in [0.2, 0.25) is 5.91 Å². The minimum absolute atomic E-state index is 0.159. The molecule has 2 fully saturated rings. The second-order valence-electron chi connectivity index (χ2n) is 6.74. The summed E-state index contributed by atoms with van der Waals surface area (Å²) in [5.41, 5.74) is 0. The van der Waals surface area contributed by atoms with Gasteiger partial charge in [-0.3, -0.25) is 14.6 Å². The lowest BCUT2D eigenvalue weighted by Crippen LogP contribution is -2.51. The molecule has 2 aliphatic rings. The van der Waals surface area contributed by atoms with Crippen molar-refractivity contribution in [3.63, 3.8) is 0 Å². The average molecular weight is 296 g/mol. The maximum absolute atomic E-state index is 11.8. The molecule has 1 amide bonds. The lowest BCUT2D eigenvalue weighted by molar-refractivity contribution is -0.123. The highest BCUT2D eigenvalue weighted by atomic mass is 16.2. The molecule has 0 unspecified atom stereocenters. The van der Waals surface area contributed by atoms with Crippen LogP contribution in [0.1, 0.15) is 33.1 Å². The summed E-state index contributed by atoms with van der Waals surface area (Å²) in [5.74, 6) is 0.159. The number of hydrogen-bond acceptors (Lipinski definition) is 4. The number of piperazine rings is 1. The number of nitrogens with one attached hydrogen (secondary N) is 1. The van der Waals surface area contributed by atoms with Gasteiger partial charge in [0.1, 0.15) is 0 Å². The maximum Gasteiger partial charge on any atom is 0.234 e. The Hall–Kier alpha value is -0.650. The van der Waals surface area contributed by atoms with E-state index < -0.39 is 0 Å². The van der Waals surface area contributed by atoms with Crippen LogP contribution in [0.5, 0.6) is 0 Å². The van der Waals surface area contributed by atoms with Gasteiger partial charge in [-0.25, -0.2) is 0 Å². The van der Waals surface area contributed by atoms with E-state index in [-0.39, 0.29) is 11.9 Å². The lowest BCUT2D eigenvalue weighted by Gasteiger charge is -2.36. The molecule has 0 aromatic heterocycles. The van der Waals surface area contributed by atoms with Gasteiger partial charge in [-0.2, -0.15) is 0 Å². The van der Waals surface area contributed by atoms with Crippen LogP contribution in [0.25, 0.3) is 0 Å². The molecule has 2 aliphatic heterocycles. The van der Waals surface area contributed by atoms with E-state index in [9.17, 15) is 4.79 Å². The Morgan fingerprint density at radius 1 is 0.857 bits per heavy atom. The molecule has 0 aromatic rings. The van der Waals surface area contributed by atoms with Gasteiger partial charge in [0.25, 0.3) is 0 Å². The van der Waals surface area contributed by atoms with E-state index in [0.29, 0.717) is 6.54 Å². The number of likely N-dealkylation sites (tertiary alicyclic amines) is 1. The molecule has 5 nitrogen and oxygen atoms in total. The Bertz CT molecular complexity index is 307. The van der Waals surface area contributed by atoms with Crippen LogP contribution in [0.15, 0.2) is 0 Å². The molecule has 2 heterocycles. The normalized spacial score (nSPS) is 22.6. The van der Waals surface area contributed by atoms with Crippen LogP contribution < -0.4 is 5.32 Å². The monoisotopic (exact) mass is 296 g/mol. The Balaban J connectivity index is 1.58. The smallest absolute Gasteiger partial charge is 0.234 e. The van der Waals surface area contributed by atoms with Crippen molar-refractivity contribution in [2.45, 2.75) is 39.2 Å². The molecule has 5 heteroatoms. The summed E-state index contributed by atoms with van der Waals surface area (Å²) in [6, 6.07) is 0.239. The van der Waals surface area contributed by atoms with E-state index in [0.717, 1.165) is 26.2 Å². The van der Waals surface area contributed by atoms with Crippen LogP contribution >= 0.6 is 0 Å². The highest BCUT2D eigenvalue weighted by molar-refractivity contribution is 5.78. The fraction of sp³-hybridized carbons (Fsp3) is 0.938. The average Bonchev–Trinajstić information content (AvgIpc) is 2.47. The standard InChI is InChI=1S/C16H32N4O/c1-15(2)17-16(21)14-20-12-10-19(11-13-20)9-8-18-6-4-3-5-7-18/h15H,3-14H2,1-2H3,(H,17,21). The van der Waals surface area contributed by atoms with Crippen LogP contribution in [0.2, 0.25) is 0 Å². The third-order valence-corrected chi connectivity index (χ3v) is 4.46. The van der Waals surface area contributed by atoms with Gasteiger partial charge in [0, 0.05) is 45.3 Å². The van der Waals surface area contributed by atoms with Gasteiger partial charge in [-0.1, -0.05) is 6.42 Å². The summed E-state index contributed by atoms with van der Waals surface area (Å²) in [6.45, 7) is 13.8. The molecule has 0 atom stereocenters. The Kier molecular flexibility index (Phi) is 6.93. The van der Waals surface area contributed by atoms with Gasteiger partial charge in [0.05, 0.1) is 6.54 Å². The van der Waals surface area contributed by atoms with Crippen LogP contribution in [0.3, 0.4) is 0 Å². The summed E-state index contributed by atoms with van der Waals surface area (Å²) in [4.78, 5) is 19.2. The van der Waals surface area contributed by atoms with Crippen molar-refractivity contribution < 1.29 is 4.79 Å². The van der Waals surface area contributed by atoms with E-state index in [1.54, 1.807) is 0 Å². The quantitative estimate of drug-likeness (QED) is 0.780. The number of piperidine rings is 1. The van der Waals surface area contributed by atoms with Crippen LogP contribution in [-0.4, -0.2) is 85.6 Å². The summed E-state index contributed by atoms with van der Waals surface area (Å²) in [7, 11) is 0. The summed E-state index contributed by atoms with van der Waals surface area (Å²) < 4.78 is 0. The van der Waals surface area contributed by atoms with Crippen LogP contribution in [0, 0.1) is 0 Å². The highest BCUT2D eigenvalue weighted by Crippen LogP contribution is 2.09. The molecule has 0 radical (unpaired) electrons. The Morgan fingerprint density at radius 2 is 1.38 bits per heavy atom. The second kappa shape index (κ2) is 8.71. The Morgan fingerprint density at radius 3 is 1.95 bits per heavy atom. The zero-order valence-corrected chi connectivity index (χ0v) is 13.8. The third kappa shape index (κ3) is 6.32. The van der Waals surface area contributed by atoms with Crippen molar-refractivity contribution in [2.75, 3.05) is 58.9 Å². The first-order valence-corrected chi connectivity index (χ1v) is 8.60. The van der Waals surface area contributed by atoms with Crippen molar-refractivity contribution in [3.05, 3.63) is 0 Å². The van der Waals surface area contributed by atoms with Crippen molar-refractivity contribution in [1.82, 2.24) is 20.0 Å². The predicted molar refractivity (Wildman–Crippen MR) is 86.4 cm³/mol. The molecule has 122 valence electrons. The van der Waals surface area contributed by atoms with Gasteiger partial charge in [-0.05, 0) is 39.8 Å².